The Kier molecular flexibility index (Phi) is 6.72. The van der Waals surface area contributed by atoms with Crippen molar-refractivity contribution in [2.45, 2.75) is 25.7 Å². The summed E-state index contributed by atoms with van der Waals surface area (Å²) in [6.07, 6.45) is 3.30. The molecule has 0 saturated carbocycles. The average Bonchev–Trinajstić information content (AvgIpc) is 3.10. The van der Waals surface area contributed by atoms with Crippen LogP contribution in [0.15, 0.2) is 24.3 Å². The van der Waals surface area contributed by atoms with Crippen LogP contribution in [0.1, 0.15) is 24.8 Å². The summed E-state index contributed by atoms with van der Waals surface area (Å²) in [6, 6.07) is 7.53. The highest BCUT2D eigenvalue weighted by molar-refractivity contribution is 5.78. The Labute approximate surface area is 137 Å². The fraction of sp³-hybridized carbons (Fsp3) is 0.529. The van der Waals surface area contributed by atoms with E-state index in [1.54, 1.807) is 7.11 Å². The fourth-order valence-electron chi connectivity index (χ4n) is 2.58. The lowest BCUT2D eigenvalue weighted by Crippen LogP contribution is -2.39. The molecule has 1 fully saturated rings. The maximum absolute atomic E-state index is 11.8. The Hall–Kier alpha value is -2.24. The highest BCUT2D eigenvalue weighted by atomic mass is 16.5. The van der Waals surface area contributed by atoms with Crippen molar-refractivity contribution in [3.63, 3.8) is 0 Å². The molecule has 1 aliphatic heterocycles. The Morgan fingerprint density at radius 3 is 2.39 bits per heavy atom. The van der Waals surface area contributed by atoms with Crippen LogP contribution in [0.5, 0.6) is 5.75 Å². The highest BCUT2D eigenvalue weighted by Crippen LogP contribution is 2.11. The van der Waals surface area contributed by atoms with Gasteiger partial charge >= 0.3 is 6.03 Å². The van der Waals surface area contributed by atoms with Crippen molar-refractivity contribution in [1.29, 1.82) is 0 Å². The quantitative estimate of drug-likeness (QED) is 0.801. The minimum Gasteiger partial charge on any atom is -0.497 e. The first kappa shape index (κ1) is 17.1. The molecule has 2 rings (SSSR count). The molecule has 1 saturated heterocycles. The topological polar surface area (TPSA) is 70.7 Å². The molecular weight excluding hydrogens is 294 g/mol. The molecule has 0 unspecified atom stereocenters. The van der Waals surface area contributed by atoms with Crippen molar-refractivity contribution in [3.8, 4) is 5.75 Å². The normalized spacial score (nSPS) is 13.7. The molecule has 3 amide bonds. The van der Waals surface area contributed by atoms with E-state index in [9.17, 15) is 9.59 Å². The monoisotopic (exact) mass is 319 g/mol. The highest BCUT2D eigenvalue weighted by Gasteiger charge is 2.17. The number of urea groups is 1. The molecule has 0 atom stereocenters. The molecule has 1 heterocycles. The van der Waals surface area contributed by atoms with Crippen LogP contribution < -0.4 is 15.4 Å². The van der Waals surface area contributed by atoms with E-state index in [2.05, 4.69) is 10.6 Å². The summed E-state index contributed by atoms with van der Waals surface area (Å²) >= 11 is 0. The van der Waals surface area contributed by atoms with Gasteiger partial charge in [-0.1, -0.05) is 12.1 Å². The van der Waals surface area contributed by atoms with Crippen molar-refractivity contribution in [1.82, 2.24) is 15.5 Å². The van der Waals surface area contributed by atoms with Gasteiger partial charge in [0, 0.05) is 32.6 Å². The van der Waals surface area contributed by atoms with Gasteiger partial charge in [-0.05, 0) is 37.0 Å². The Morgan fingerprint density at radius 2 is 1.74 bits per heavy atom. The van der Waals surface area contributed by atoms with Gasteiger partial charge in [0.1, 0.15) is 5.75 Å². The van der Waals surface area contributed by atoms with E-state index in [-0.39, 0.29) is 11.9 Å². The molecule has 1 aromatic rings. The van der Waals surface area contributed by atoms with Crippen molar-refractivity contribution in [2.24, 2.45) is 0 Å². The van der Waals surface area contributed by atoms with Gasteiger partial charge < -0.3 is 20.3 Å². The summed E-state index contributed by atoms with van der Waals surface area (Å²) in [5.41, 5.74) is 1.13. The third-order valence-corrected chi connectivity index (χ3v) is 3.94. The molecule has 6 heteroatoms. The number of methoxy groups -OCH3 is 1. The predicted molar refractivity (Wildman–Crippen MR) is 88.5 cm³/mol. The van der Waals surface area contributed by atoms with E-state index in [0.29, 0.717) is 19.5 Å². The lowest BCUT2D eigenvalue weighted by Gasteiger charge is -2.15. The SMILES string of the molecule is COc1ccc(CCNC(=O)NCCC(=O)N2CCCC2)cc1. The number of hydrogen-bond acceptors (Lipinski definition) is 3. The van der Waals surface area contributed by atoms with Gasteiger partial charge in [0.15, 0.2) is 0 Å². The Morgan fingerprint density at radius 1 is 1.09 bits per heavy atom. The second kappa shape index (κ2) is 9.02. The fourth-order valence-corrected chi connectivity index (χ4v) is 2.58. The van der Waals surface area contributed by atoms with Crippen molar-refractivity contribution in [3.05, 3.63) is 29.8 Å². The molecular formula is C17H25N3O3. The lowest BCUT2D eigenvalue weighted by molar-refractivity contribution is -0.129. The number of nitrogens with one attached hydrogen (secondary N) is 2. The van der Waals surface area contributed by atoms with Crippen molar-refractivity contribution < 1.29 is 14.3 Å². The zero-order valence-corrected chi connectivity index (χ0v) is 13.6. The van der Waals surface area contributed by atoms with Crippen LogP contribution in [0, 0.1) is 0 Å². The smallest absolute Gasteiger partial charge is 0.314 e. The van der Waals surface area contributed by atoms with Crippen LogP contribution in [0.2, 0.25) is 0 Å². The van der Waals surface area contributed by atoms with Gasteiger partial charge in [-0.25, -0.2) is 4.79 Å². The summed E-state index contributed by atoms with van der Waals surface area (Å²) < 4.78 is 5.10. The number of benzene rings is 1. The van der Waals surface area contributed by atoms with Gasteiger partial charge in [0.25, 0.3) is 0 Å². The summed E-state index contributed by atoms with van der Waals surface area (Å²) in [7, 11) is 1.63. The molecule has 0 aliphatic carbocycles. The zero-order valence-electron chi connectivity index (χ0n) is 13.6. The first-order chi connectivity index (χ1) is 11.2. The minimum atomic E-state index is -0.229. The van der Waals surface area contributed by atoms with Crippen LogP contribution in [0.4, 0.5) is 4.79 Å². The van der Waals surface area contributed by atoms with Gasteiger partial charge in [-0.15, -0.1) is 0 Å². The van der Waals surface area contributed by atoms with E-state index >= 15 is 0 Å². The standard InChI is InChI=1S/C17H25N3O3/c1-23-15-6-4-14(5-7-15)8-10-18-17(22)19-11-9-16(21)20-12-2-3-13-20/h4-7H,2-3,8-13H2,1H3,(H2,18,19,22). The number of likely N-dealkylation sites (tertiary alicyclic amines) is 1. The molecule has 0 bridgehead atoms. The van der Waals surface area contributed by atoms with Crippen molar-refractivity contribution >= 4 is 11.9 Å². The van der Waals surface area contributed by atoms with Gasteiger partial charge in [0.05, 0.1) is 7.11 Å². The molecule has 0 aromatic heterocycles. The Balaban J connectivity index is 1.56. The number of rotatable bonds is 7. The molecule has 126 valence electrons. The van der Waals surface area contributed by atoms with Crippen LogP contribution in [0.25, 0.3) is 0 Å². The van der Waals surface area contributed by atoms with Crippen LogP contribution >= 0.6 is 0 Å². The summed E-state index contributed by atoms with van der Waals surface area (Å²) in [5.74, 6) is 0.947. The second-order valence-corrected chi connectivity index (χ2v) is 5.62. The lowest BCUT2D eigenvalue weighted by atomic mass is 10.1. The van der Waals surface area contributed by atoms with E-state index < -0.39 is 0 Å². The molecule has 0 radical (unpaired) electrons. The second-order valence-electron chi connectivity index (χ2n) is 5.62. The third kappa shape index (κ3) is 5.81. The molecule has 1 aromatic carbocycles. The van der Waals surface area contributed by atoms with Crippen LogP contribution in [-0.4, -0.2) is 50.1 Å². The van der Waals surface area contributed by atoms with Crippen LogP contribution in [-0.2, 0) is 11.2 Å². The summed E-state index contributed by atoms with van der Waals surface area (Å²) in [6.45, 7) is 2.64. The Bertz CT molecular complexity index is 510. The minimum absolute atomic E-state index is 0.126. The number of hydrogen-bond donors (Lipinski definition) is 2. The molecule has 23 heavy (non-hydrogen) atoms. The zero-order chi connectivity index (χ0) is 16.5. The molecule has 1 aliphatic rings. The van der Waals surface area contributed by atoms with E-state index in [4.69, 9.17) is 4.74 Å². The summed E-state index contributed by atoms with van der Waals surface area (Å²) in [5, 5.41) is 5.52. The van der Waals surface area contributed by atoms with Gasteiger partial charge in [-0.2, -0.15) is 0 Å². The predicted octanol–water partition coefficient (Wildman–Crippen LogP) is 1.55. The first-order valence-electron chi connectivity index (χ1n) is 8.11. The van der Waals surface area contributed by atoms with E-state index in [1.807, 2.05) is 29.2 Å². The van der Waals surface area contributed by atoms with Crippen molar-refractivity contribution in [2.75, 3.05) is 33.3 Å². The molecule has 2 N–H and O–H groups in total. The maximum Gasteiger partial charge on any atom is 0.314 e. The molecule has 0 spiro atoms. The van der Waals surface area contributed by atoms with Crippen LogP contribution in [0.3, 0.4) is 0 Å². The largest absolute Gasteiger partial charge is 0.497 e. The maximum atomic E-state index is 11.8. The van der Waals surface area contributed by atoms with Gasteiger partial charge in [-0.3, -0.25) is 4.79 Å². The first-order valence-corrected chi connectivity index (χ1v) is 8.11. The average molecular weight is 319 g/mol. The number of ether oxygens (including phenoxy) is 1. The van der Waals surface area contributed by atoms with E-state index in [1.165, 1.54) is 0 Å². The third-order valence-electron chi connectivity index (χ3n) is 3.94. The number of amides is 3. The van der Waals surface area contributed by atoms with E-state index in [0.717, 1.165) is 43.7 Å². The van der Waals surface area contributed by atoms with Gasteiger partial charge in [0.2, 0.25) is 5.91 Å². The summed E-state index contributed by atoms with van der Waals surface area (Å²) in [4.78, 5) is 25.4. The number of nitrogens with zero attached hydrogens (tertiary/aromatic N) is 1. The number of carbonyl (C=O) groups is 2. The molecule has 6 nitrogen and oxygen atoms in total. The number of carbonyl (C=O) groups excluding carboxylic acids is 2.